The average molecular weight is 313 g/mol. The minimum atomic E-state index is -3.36. The zero-order chi connectivity index (χ0) is 11.6. The van der Waals surface area contributed by atoms with E-state index in [4.69, 9.17) is 5.14 Å². The molecule has 1 saturated heterocycles. The molecule has 0 radical (unpaired) electrons. The summed E-state index contributed by atoms with van der Waals surface area (Å²) in [5.41, 5.74) is 1.15. The first-order valence-corrected chi connectivity index (χ1v) is 7.00. The van der Waals surface area contributed by atoms with E-state index in [1.807, 2.05) is 30.3 Å². The lowest BCUT2D eigenvalue weighted by molar-refractivity contribution is 0.531. The molecule has 0 aromatic heterocycles. The number of para-hydroxylation sites is 1. The molecule has 0 spiro atoms. The fourth-order valence-electron chi connectivity index (χ4n) is 2.08. The highest BCUT2D eigenvalue weighted by Crippen LogP contribution is 2.21. The Bertz CT molecular complexity index is 445. The Hall–Kier alpha value is -0.490. The zero-order valence-corrected chi connectivity index (χ0v) is 12.3. The third kappa shape index (κ3) is 4.31. The lowest BCUT2D eigenvalue weighted by atomic mass is 10.1. The molecule has 0 saturated carbocycles. The van der Waals surface area contributed by atoms with Crippen molar-refractivity contribution in [2.24, 2.45) is 5.14 Å². The molecule has 1 aromatic rings. The van der Waals surface area contributed by atoms with Gasteiger partial charge in [0, 0.05) is 18.8 Å². The monoisotopic (exact) mass is 312 g/mol. The van der Waals surface area contributed by atoms with Crippen LogP contribution < -0.4 is 10.0 Å². The van der Waals surface area contributed by atoms with Crippen LogP contribution in [0.3, 0.4) is 0 Å². The van der Waals surface area contributed by atoms with Gasteiger partial charge in [-0.25, -0.2) is 13.6 Å². The van der Waals surface area contributed by atoms with Crippen molar-refractivity contribution in [1.29, 1.82) is 0 Å². The van der Waals surface area contributed by atoms with Gasteiger partial charge in [-0.3, -0.25) is 0 Å². The molecular weight excluding hydrogens is 295 g/mol. The third-order valence-electron chi connectivity index (χ3n) is 3.03. The fraction of sp³-hybridized carbons (Fsp3) is 0.455. The first-order valence-electron chi connectivity index (χ1n) is 5.39. The van der Waals surface area contributed by atoms with E-state index in [0.717, 1.165) is 18.8 Å². The Morgan fingerprint density at radius 3 is 2.00 bits per heavy atom. The van der Waals surface area contributed by atoms with Crippen LogP contribution in [0.15, 0.2) is 30.3 Å². The summed E-state index contributed by atoms with van der Waals surface area (Å²) >= 11 is 0. The predicted octanol–water partition coefficient (Wildman–Crippen LogP) is 1.79. The van der Waals surface area contributed by atoms with Crippen molar-refractivity contribution in [1.82, 2.24) is 0 Å². The molecule has 0 atom stereocenters. The van der Waals surface area contributed by atoms with Gasteiger partial charge in [-0.2, -0.15) is 0 Å². The van der Waals surface area contributed by atoms with E-state index in [1.165, 1.54) is 0 Å². The van der Waals surface area contributed by atoms with Crippen LogP contribution in [0.25, 0.3) is 0 Å². The summed E-state index contributed by atoms with van der Waals surface area (Å²) in [7, 11) is -3.36. The second kappa shape index (κ2) is 7.19. The largest absolute Gasteiger partial charge is 0.371 e. The Kier molecular flexibility index (Phi) is 6.99. The number of hydrogen-bond acceptors (Lipinski definition) is 3. The van der Waals surface area contributed by atoms with Crippen LogP contribution in [0.4, 0.5) is 5.69 Å². The van der Waals surface area contributed by atoms with Crippen molar-refractivity contribution >= 4 is 40.5 Å². The number of halogens is 2. The molecule has 0 unspecified atom stereocenters. The number of nitrogens with zero attached hydrogens (tertiary/aromatic N) is 1. The minimum Gasteiger partial charge on any atom is -0.371 e. The maximum absolute atomic E-state index is 11.2. The van der Waals surface area contributed by atoms with Gasteiger partial charge in [0.2, 0.25) is 10.0 Å². The van der Waals surface area contributed by atoms with Crippen LogP contribution in [0.5, 0.6) is 0 Å². The molecule has 2 N–H and O–H groups in total. The zero-order valence-electron chi connectivity index (χ0n) is 9.86. The molecule has 4 nitrogen and oxygen atoms in total. The number of hydrogen-bond donors (Lipinski definition) is 1. The molecule has 1 aliphatic rings. The summed E-state index contributed by atoms with van der Waals surface area (Å²) in [5, 5.41) is 4.78. The maximum Gasteiger partial charge on any atom is 0.212 e. The van der Waals surface area contributed by atoms with E-state index in [-0.39, 0.29) is 30.1 Å². The van der Waals surface area contributed by atoms with Gasteiger partial charge in [-0.1, -0.05) is 18.2 Å². The van der Waals surface area contributed by atoms with Gasteiger partial charge in [0.05, 0.1) is 5.25 Å². The maximum atomic E-state index is 11.2. The molecule has 0 amide bonds. The Balaban J connectivity index is 0.00000144. The van der Waals surface area contributed by atoms with E-state index in [1.54, 1.807) is 0 Å². The molecule has 1 fully saturated rings. The van der Waals surface area contributed by atoms with E-state index in [0.29, 0.717) is 12.8 Å². The number of anilines is 1. The van der Waals surface area contributed by atoms with Crippen molar-refractivity contribution in [2.45, 2.75) is 18.1 Å². The molecular formula is C11H18Cl2N2O2S. The Labute approximate surface area is 120 Å². The molecule has 0 bridgehead atoms. The summed E-state index contributed by atoms with van der Waals surface area (Å²) in [6.07, 6.45) is 1.24. The van der Waals surface area contributed by atoms with E-state index in [9.17, 15) is 8.42 Å². The highest BCUT2D eigenvalue weighted by Gasteiger charge is 2.27. The van der Waals surface area contributed by atoms with Crippen molar-refractivity contribution in [3.8, 4) is 0 Å². The SMILES string of the molecule is Cl.Cl.NS(=O)(=O)C1CCN(c2ccccc2)CC1. The molecule has 104 valence electrons. The summed E-state index contributed by atoms with van der Waals surface area (Å²) in [6.45, 7) is 1.51. The number of sulfonamides is 1. The molecule has 1 aliphatic heterocycles. The van der Waals surface area contributed by atoms with Gasteiger partial charge in [0.1, 0.15) is 0 Å². The van der Waals surface area contributed by atoms with E-state index in [2.05, 4.69) is 4.90 Å². The second-order valence-electron chi connectivity index (χ2n) is 4.11. The van der Waals surface area contributed by atoms with Gasteiger partial charge in [-0.15, -0.1) is 24.8 Å². The van der Waals surface area contributed by atoms with Gasteiger partial charge in [0.15, 0.2) is 0 Å². The second-order valence-corrected chi connectivity index (χ2v) is 5.96. The van der Waals surface area contributed by atoms with Crippen LogP contribution in [0.1, 0.15) is 12.8 Å². The van der Waals surface area contributed by atoms with Crippen LogP contribution in [0, 0.1) is 0 Å². The van der Waals surface area contributed by atoms with E-state index < -0.39 is 10.0 Å². The topological polar surface area (TPSA) is 63.4 Å². The van der Waals surface area contributed by atoms with Crippen molar-refractivity contribution in [2.75, 3.05) is 18.0 Å². The summed E-state index contributed by atoms with van der Waals surface area (Å²) < 4.78 is 22.4. The summed E-state index contributed by atoms with van der Waals surface area (Å²) in [4.78, 5) is 2.20. The fourth-order valence-corrected chi connectivity index (χ4v) is 2.95. The Morgan fingerprint density at radius 1 is 1.06 bits per heavy atom. The lowest BCUT2D eigenvalue weighted by Gasteiger charge is -2.32. The molecule has 2 rings (SSSR count). The summed E-state index contributed by atoms with van der Waals surface area (Å²) in [6, 6.07) is 10.0. The first-order chi connectivity index (χ1) is 7.57. The standard InChI is InChI=1S/C11H16N2O2S.2ClH/c12-16(14,15)11-6-8-13(9-7-11)10-4-2-1-3-5-10;;/h1-5,11H,6-9H2,(H2,12,14,15);2*1H. The molecule has 7 heteroatoms. The number of rotatable bonds is 2. The molecule has 18 heavy (non-hydrogen) atoms. The van der Waals surface area contributed by atoms with E-state index >= 15 is 0 Å². The highest BCUT2D eigenvalue weighted by molar-refractivity contribution is 7.89. The van der Waals surface area contributed by atoms with Crippen molar-refractivity contribution < 1.29 is 8.42 Å². The van der Waals surface area contributed by atoms with Crippen LogP contribution in [-0.4, -0.2) is 26.8 Å². The van der Waals surface area contributed by atoms with Crippen LogP contribution in [0.2, 0.25) is 0 Å². The van der Waals surface area contributed by atoms with Crippen molar-refractivity contribution in [3.05, 3.63) is 30.3 Å². The minimum absolute atomic E-state index is 0. The quantitative estimate of drug-likeness (QED) is 0.905. The van der Waals surface area contributed by atoms with Gasteiger partial charge in [-0.05, 0) is 25.0 Å². The van der Waals surface area contributed by atoms with Gasteiger partial charge in [0.25, 0.3) is 0 Å². The Morgan fingerprint density at radius 2 is 1.56 bits per heavy atom. The van der Waals surface area contributed by atoms with Gasteiger partial charge >= 0.3 is 0 Å². The average Bonchev–Trinajstić information content (AvgIpc) is 2.29. The summed E-state index contributed by atoms with van der Waals surface area (Å²) in [5.74, 6) is 0. The molecule has 1 aromatic carbocycles. The third-order valence-corrected chi connectivity index (χ3v) is 4.43. The number of benzene rings is 1. The van der Waals surface area contributed by atoms with Crippen LogP contribution in [-0.2, 0) is 10.0 Å². The smallest absolute Gasteiger partial charge is 0.212 e. The predicted molar refractivity (Wildman–Crippen MR) is 79.3 cm³/mol. The van der Waals surface area contributed by atoms with Crippen molar-refractivity contribution in [3.63, 3.8) is 0 Å². The number of primary sulfonamides is 1. The number of piperidine rings is 1. The molecule has 0 aliphatic carbocycles. The lowest BCUT2D eigenvalue weighted by Crippen LogP contribution is -2.41. The van der Waals surface area contributed by atoms with Gasteiger partial charge < -0.3 is 4.90 Å². The first kappa shape index (κ1) is 17.5. The molecule has 1 heterocycles. The normalized spacial score (nSPS) is 16.6. The van der Waals surface area contributed by atoms with Crippen LogP contribution >= 0.6 is 24.8 Å². The number of nitrogens with two attached hydrogens (primary N) is 1. The highest BCUT2D eigenvalue weighted by atomic mass is 35.5.